The van der Waals surface area contributed by atoms with Gasteiger partial charge in [-0.05, 0) is 56.7 Å². The Bertz CT molecular complexity index is 1010. The predicted molar refractivity (Wildman–Crippen MR) is 113 cm³/mol. The normalized spacial score (nSPS) is 16.4. The summed E-state index contributed by atoms with van der Waals surface area (Å²) in [7, 11) is 0. The molecule has 1 amide bonds. The van der Waals surface area contributed by atoms with Crippen molar-refractivity contribution in [3.8, 4) is 11.5 Å². The SMILES string of the molecule is CC(C)(C)Oc1ccc(C2CN(Cc3ncccn3)C(=O)c3ccccc3O2)cc1. The zero-order chi connectivity index (χ0) is 21.1. The smallest absolute Gasteiger partial charge is 0.258 e. The lowest BCUT2D eigenvalue weighted by Crippen LogP contribution is -2.34. The molecular formula is C24H25N3O3. The number of nitrogens with zero attached hydrogens (tertiary/aromatic N) is 3. The maximum absolute atomic E-state index is 13.2. The molecule has 0 radical (unpaired) electrons. The summed E-state index contributed by atoms with van der Waals surface area (Å²) >= 11 is 0. The van der Waals surface area contributed by atoms with Crippen molar-refractivity contribution in [3.63, 3.8) is 0 Å². The van der Waals surface area contributed by atoms with Gasteiger partial charge in [0, 0.05) is 12.4 Å². The first-order valence-electron chi connectivity index (χ1n) is 9.99. The van der Waals surface area contributed by atoms with E-state index in [1.807, 2.05) is 63.2 Å². The average Bonchev–Trinajstić information content (AvgIpc) is 2.85. The van der Waals surface area contributed by atoms with Crippen LogP contribution in [0.3, 0.4) is 0 Å². The highest BCUT2D eigenvalue weighted by molar-refractivity contribution is 5.97. The van der Waals surface area contributed by atoms with Crippen LogP contribution in [-0.2, 0) is 6.54 Å². The van der Waals surface area contributed by atoms with E-state index in [-0.39, 0.29) is 17.6 Å². The fourth-order valence-corrected chi connectivity index (χ4v) is 3.39. The van der Waals surface area contributed by atoms with E-state index in [4.69, 9.17) is 9.47 Å². The van der Waals surface area contributed by atoms with Gasteiger partial charge in [0.25, 0.3) is 5.91 Å². The van der Waals surface area contributed by atoms with Crippen LogP contribution < -0.4 is 9.47 Å². The van der Waals surface area contributed by atoms with E-state index >= 15 is 0 Å². The summed E-state index contributed by atoms with van der Waals surface area (Å²) < 4.78 is 12.2. The van der Waals surface area contributed by atoms with Crippen LogP contribution >= 0.6 is 0 Å². The minimum absolute atomic E-state index is 0.0896. The van der Waals surface area contributed by atoms with Gasteiger partial charge in [0.05, 0.1) is 18.7 Å². The molecule has 0 saturated carbocycles. The van der Waals surface area contributed by atoms with Crippen LogP contribution in [0.4, 0.5) is 0 Å². The van der Waals surface area contributed by atoms with Gasteiger partial charge in [0.2, 0.25) is 0 Å². The van der Waals surface area contributed by atoms with E-state index in [2.05, 4.69) is 9.97 Å². The third-order valence-corrected chi connectivity index (χ3v) is 4.69. The number of carbonyl (C=O) groups excluding carboxylic acids is 1. The Labute approximate surface area is 176 Å². The first kappa shape index (κ1) is 19.9. The number of benzene rings is 2. The highest BCUT2D eigenvalue weighted by atomic mass is 16.5. The predicted octanol–water partition coefficient (Wildman–Crippen LogP) is 4.43. The van der Waals surface area contributed by atoms with Gasteiger partial charge in [0.15, 0.2) is 0 Å². The Morgan fingerprint density at radius 3 is 2.43 bits per heavy atom. The minimum atomic E-state index is -0.315. The maximum Gasteiger partial charge on any atom is 0.258 e. The molecule has 154 valence electrons. The molecule has 2 aromatic carbocycles. The van der Waals surface area contributed by atoms with Crippen molar-refractivity contribution in [1.29, 1.82) is 0 Å². The molecule has 1 atom stereocenters. The van der Waals surface area contributed by atoms with Crippen LogP contribution in [0.25, 0.3) is 0 Å². The van der Waals surface area contributed by atoms with Crippen molar-refractivity contribution in [2.45, 2.75) is 39.0 Å². The molecule has 3 aromatic rings. The minimum Gasteiger partial charge on any atom is -0.488 e. The number of fused-ring (bicyclic) bond motifs is 1. The molecule has 1 aromatic heterocycles. The Morgan fingerprint density at radius 2 is 1.73 bits per heavy atom. The van der Waals surface area contributed by atoms with E-state index in [0.717, 1.165) is 11.3 Å². The van der Waals surface area contributed by atoms with Gasteiger partial charge in [-0.3, -0.25) is 4.79 Å². The van der Waals surface area contributed by atoms with E-state index in [9.17, 15) is 4.79 Å². The molecule has 6 nitrogen and oxygen atoms in total. The fourth-order valence-electron chi connectivity index (χ4n) is 3.39. The first-order valence-corrected chi connectivity index (χ1v) is 9.99. The highest BCUT2D eigenvalue weighted by Gasteiger charge is 2.30. The van der Waals surface area contributed by atoms with E-state index < -0.39 is 0 Å². The third kappa shape index (κ3) is 4.59. The van der Waals surface area contributed by atoms with Crippen LogP contribution in [0.2, 0.25) is 0 Å². The lowest BCUT2D eigenvalue weighted by Gasteiger charge is -2.25. The van der Waals surface area contributed by atoms with Gasteiger partial charge in [-0.15, -0.1) is 0 Å². The van der Waals surface area contributed by atoms with Gasteiger partial charge in [0.1, 0.15) is 29.0 Å². The van der Waals surface area contributed by atoms with Gasteiger partial charge in [-0.25, -0.2) is 9.97 Å². The first-order chi connectivity index (χ1) is 14.4. The number of ether oxygens (including phenoxy) is 2. The van der Waals surface area contributed by atoms with Crippen LogP contribution in [0, 0.1) is 0 Å². The Hall–Kier alpha value is -3.41. The molecule has 0 N–H and O–H groups in total. The summed E-state index contributed by atoms with van der Waals surface area (Å²) in [6.07, 6.45) is 3.05. The topological polar surface area (TPSA) is 64.5 Å². The van der Waals surface area contributed by atoms with Crippen LogP contribution in [0.5, 0.6) is 11.5 Å². The number of hydrogen-bond donors (Lipinski definition) is 0. The zero-order valence-corrected chi connectivity index (χ0v) is 17.4. The molecule has 1 unspecified atom stereocenters. The van der Waals surface area contributed by atoms with Gasteiger partial charge in [-0.2, -0.15) is 0 Å². The average molecular weight is 403 g/mol. The molecule has 2 heterocycles. The summed E-state index contributed by atoms with van der Waals surface area (Å²) in [6.45, 7) is 6.76. The largest absolute Gasteiger partial charge is 0.488 e. The molecule has 0 aliphatic carbocycles. The second-order valence-corrected chi connectivity index (χ2v) is 8.24. The van der Waals surface area contributed by atoms with Crippen molar-refractivity contribution < 1.29 is 14.3 Å². The standard InChI is InChI=1S/C24H25N3O3/c1-24(2,3)30-18-11-9-17(10-12-18)21-15-27(16-22-25-13-6-14-26-22)23(28)19-7-4-5-8-20(19)29-21/h4-14,21H,15-16H2,1-3H3. The van der Waals surface area contributed by atoms with Crippen LogP contribution in [0.15, 0.2) is 67.0 Å². The maximum atomic E-state index is 13.2. The zero-order valence-electron chi connectivity index (χ0n) is 17.4. The number of para-hydroxylation sites is 1. The number of carbonyl (C=O) groups is 1. The monoisotopic (exact) mass is 403 g/mol. The fraction of sp³-hybridized carbons (Fsp3) is 0.292. The summed E-state index contributed by atoms with van der Waals surface area (Å²) in [5.41, 5.74) is 1.25. The Balaban J connectivity index is 1.64. The van der Waals surface area contributed by atoms with E-state index in [1.165, 1.54) is 0 Å². The van der Waals surface area contributed by atoms with E-state index in [1.54, 1.807) is 29.4 Å². The van der Waals surface area contributed by atoms with E-state index in [0.29, 0.717) is 30.2 Å². The van der Waals surface area contributed by atoms with Crippen LogP contribution in [0.1, 0.15) is 48.6 Å². The third-order valence-electron chi connectivity index (χ3n) is 4.69. The number of amides is 1. The molecule has 4 rings (SSSR count). The molecule has 0 spiro atoms. The lowest BCUT2D eigenvalue weighted by molar-refractivity contribution is 0.0689. The molecule has 1 aliphatic rings. The molecule has 6 heteroatoms. The summed E-state index contributed by atoms with van der Waals surface area (Å²) in [5.74, 6) is 1.89. The summed E-state index contributed by atoms with van der Waals surface area (Å²) in [6, 6.07) is 17.0. The van der Waals surface area contributed by atoms with Crippen molar-refractivity contribution in [2.24, 2.45) is 0 Å². The molecule has 0 fully saturated rings. The van der Waals surface area contributed by atoms with Gasteiger partial charge >= 0.3 is 0 Å². The Kier molecular flexibility index (Phi) is 5.40. The van der Waals surface area contributed by atoms with Crippen molar-refractivity contribution >= 4 is 5.91 Å². The number of hydrogen-bond acceptors (Lipinski definition) is 5. The Morgan fingerprint density at radius 1 is 1.03 bits per heavy atom. The molecule has 0 bridgehead atoms. The summed E-state index contributed by atoms with van der Waals surface area (Å²) in [5, 5.41) is 0. The van der Waals surface area contributed by atoms with Crippen LogP contribution in [-0.4, -0.2) is 32.9 Å². The second-order valence-electron chi connectivity index (χ2n) is 8.24. The quantitative estimate of drug-likeness (QED) is 0.645. The van der Waals surface area contributed by atoms with Crippen molar-refractivity contribution in [1.82, 2.24) is 14.9 Å². The number of aromatic nitrogens is 2. The molecule has 0 saturated heterocycles. The summed E-state index contributed by atoms with van der Waals surface area (Å²) in [4.78, 5) is 23.5. The molecule has 1 aliphatic heterocycles. The lowest BCUT2D eigenvalue weighted by atomic mass is 10.1. The highest BCUT2D eigenvalue weighted by Crippen LogP contribution is 2.32. The van der Waals surface area contributed by atoms with Crippen molar-refractivity contribution in [2.75, 3.05) is 6.54 Å². The molecule has 30 heavy (non-hydrogen) atoms. The van der Waals surface area contributed by atoms with Gasteiger partial charge in [-0.1, -0.05) is 24.3 Å². The van der Waals surface area contributed by atoms with Gasteiger partial charge < -0.3 is 14.4 Å². The number of rotatable bonds is 4. The van der Waals surface area contributed by atoms with Crippen molar-refractivity contribution in [3.05, 3.63) is 83.9 Å². The second kappa shape index (κ2) is 8.14. The molecular weight excluding hydrogens is 378 g/mol.